The van der Waals surface area contributed by atoms with Crippen LogP contribution in [0.4, 0.5) is 5.82 Å². The van der Waals surface area contributed by atoms with Crippen LogP contribution in [0.15, 0.2) is 6.07 Å². The van der Waals surface area contributed by atoms with Gasteiger partial charge < -0.3 is 15.8 Å². The average molecular weight is 238 g/mol. The lowest BCUT2D eigenvalue weighted by molar-refractivity contribution is -0.118. The number of amides is 1. The van der Waals surface area contributed by atoms with Gasteiger partial charge in [0.05, 0.1) is 6.61 Å². The third-order valence-corrected chi connectivity index (χ3v) is 2.01. The van der Waals surface area contributed by atoms with E-state index in [2.05, 4.69) is 15.3 Å². The molecule has 0 aliphatic carbocycles. The van der Waals surface area contributed by atoms with Crippen molar-refractivity contribution >= 4 is 11.7 Å². The molecule has 1 aromatic rings. The molecule has 1 heterocycles. The lowest BCUT2D eigenvalue weighted by Crippen LogP contribution is -2.13. The molecule has 0 saturated heterocycles. The summed E-state index contributed by atoms with van der Waals surface area (Å²) >= 11 is 0. The molecular weight excluding hydrogens is 220 g/mol. The number of nitrogens with zero attached hydrogens (tertiary/aromatic N) is 2. The normalized spacial score (nSPS) is 10.0. The SMILES string of the molecule is CCOc1cc(NCCCC(N)=O)nc(C)n1. The van der Waals surface area contributed by atoms with Crippen molar-refractivity contribution in [2.45, 2.75) is 26.7 Å². The van der Waals surface area contributed by atoms with Gasteiger partial charge in [-0.15, -0.1) is 0 Å². The van der Waals surface area contributed by atoms with Gasteiger partial charge in [-0.2, -0.15) is 4.98 Å². The molecule has 0 bridgehead atoms. The third kappa shape index (κ3) is 5.14. The van der Waals surface area contributed by atoms with Crippen LogP contribution in [0.1, 0.15) is 25.6 Å². The van der Waals surface area contributed by atoms with E-state index in [1.807, 2.05) is 6.92 Å². The van der Waals surface area contributed by atoms with Crippen molar-refractivity contribution in [3.05, 3.63) is 11.9 Å². The van der Waals surface area contributed by atoms with Crippen molar-refractivity contribution in [1.29, 1.82) is 0 Å². The van der Waals surface area contributed by atoms with Crippen LogP contribution in [0.25, 0.3) is 0 Å². The van der Waals surface area contributed by atoms with Crippen LogP contribution in [0.3, 0.4) is 0 Å². The Kier molecular flexibility index (Phi) is 5.19. The van der Waals surface area contributed by atoms with Crippen LogP contribution >= 0.6 is 0 Å². The number of carbonyl (C=O) groups excluding carboxylic acids is 1. The van der Waals surface area contributed by atoms with Gasteiger partial charge in [-0.3, -0.25) is 4.79 Å². The van der Waals surface area contributed by atoms with E-state index in [9.17, 15) is 4.79 Å². The Labute approximate surface area is 101 Å². The van der Waals surface area contributed by atoms with Crippen LogP contribution in [0, 0.1) is 6.92 Å². The molecule has 1 amide bonds. The highest BCUT2D eigenvalue weighted by Gasteiger charge is 2.02. The molecule has 1 rings (SSSR count). The molecule has 0 fully saturated rings. The van der Waals surface area contributed by atoms with Crippen molar-refractivity contribution in [2.24, 2.45) is 5.73 Å². The van der Waals surface area contributed by atoms with Gasteiger partial charge >= 0.3 is 0 Å². The second kappa shape index (κ2) is 6.67. The molecule has 6 nitrogen and oxygen atoms in total. The summed E-state index contributed by atoms with van der Waals surface area (Å²) in [5.41, 5.74) is 5.05. The first-order valence-corrected chi connectivity index (χ1v) is 5.62. The van der Waals surface area contributed by atoms with Crippen molar-refractivity contribution < 1.29 is 9.53 Å². The number of primary amides is 1. The Balaban J connectivity index is 2.49. The molecule has 0 saturated carbocycles. The molecule has 0 atom stereocenters. The monoisotopic (exact) mass is 238 g/mol. The number of carbonyl (C=O) groups is 1. The Morgan fingerprint density at radius 3 is 2.94 bits per heavy atom. The van der Waals surface area contributed by atoms with E-state index in [0.29, 0.717) is 43.5 Å². The summed E-state index contributed by atoms with van der Waals surface area (Å²) in [6, 6.07) is 1.74. The summed E-state index contributed by atoms with van der Waals surface area (Å²) in [4.78, 5) is 18.9. The Morgan fingerprint density at radius 1 is 1.53 bits per heavy atom. The van der Waals surface area contributed by atoms with E-state index in [1.54, 1.807) is 13.0 Å². The fraction of sp³-hybridized carbons (Fsp3) is 0.545. The maximum absolute atomic E-state index is 10.6. The minimum absolute atomic E-state index is 0.291. The highest BCUT2D eigenvalue weighted by Crippen LogP contribution is 2.13. The average Bonchev–Trinajstić information content (AvgIpc) is 2.24. The topological polar surface area (TPSA) is 90.1 Å². The zero-order chi connectivity index (χ0) is 12.7. The van der Waals surface area contributed by atoms with E-state index in [4.69, 9.17) is 10.5 Å². The van der Waals surface area contributed by atoms with Crippen LogP contribution in [0.5, 0.6) is 5.88 Å². The molecule has 0 aromatic carbocycles. The van der Waals surface area contributed by atoms with Gasteiger partial charge in [0, 0.05) is 19.0 Å². The minimum atomic E-state index is -0.291. The molecule has 0 aliphatic heterocycles. The quantitative estimate of drug-likeness (QED) is 0.688. The highest BCUT2D eigenvalue weighted by atomic mass is 16.5. The molecule has 6 heteroatoms. The molecule has 17 heavy (non-hydrogen) atoms. The number of ether oxygens (including phenoxy) is 1. The summed E-state index contributed by atoms with van der Waals surface area (Å²) in [6.45, 7) is 4.91. The van der Waals surface area contributed by atoms with Gasteiger partial charge in [-0.25, -0.2) is 4.98 Å². The fourth-order valence-corrected chi connectivity index (χ4v) is 1.33. The molecule has 1 aromatic heterocycles. The summed E-state index contributed by atoms with van der Waals surface area (Å²) in [7, 11) is 0. The fourth-order valence-electron chi connectivity index (χ4n) is 1.33. The maximum Gasteiger partial charge on any atom is 0.218 e. The number of nitrogens with one attached hydrogen (secondary N) is 1. The van der Waals surface area contributed by atoms with Crippen molar-refractivity contribution in [3.8, 4) is 5.88 Å². The van der Waals surface area contributed by atoms with Crippen LogP contribution in [0.2, 0.25) is 0 Å². The van der Waals surface area contributed by atoms with E-state index in [-0.39, 0.29) is 5.91 Å². The van der Waals surface area contributed by atoms with Crippen molar-refractivity contribution in [2.75, 3.05) is 18.5 Å². The summed E-state index contributed by atoms with van der Waals surface area (Å²) in [5.74, 6) is 1.61. The molecule has 0 spiro atoms. The number of hydrogen-bond donors (Lipinski definition) is 2. The predicted octanol–water partition coefficient (Wildman–Crippen LogP) is 0.861. The molecule has 94 valence electrons. The Morgan fingerprint density at radius 2 is 2.29 bits per heavy atom. The highest BCUT2D eigenvalue weighted by molar-refractivity contribution is 5.73. The third-order valence-electron chi connectivity index (χ3n) is 2.01. The number of hydrogen-bond acceptors (Lipinski definition) is 5. The van der Waals surface area contributed by atoms with Gasteiger partial charge in [0.1, 0.15) is 11.6 Å². The summed E-state index contributed by atoms with van der Waals surface area (Å²) < 4.78 is 5.31. The predicted molar refractivity (Wildman–Crippen MR) is 64.9 cm³/mol. The largest absolute Gasteiger partial charge is 0.478 e. The molecule has 3 N–H and O–H groups in total. The molecule has 0 aliphatic rings. The minimum Gasteiger partial charge on any atom is -0.478 e. The number of anilines is 1. The maximum atomic E-state index is 10.6. The first kappa shape index (κ1) is 13.2. The van der Waals surface area contributed by atoms with Gasteiger partial charge in [0.15, 0.2) is 0 Å². The van der Waals surface area contributed by atoms with Crippen LogP contribution in [-0.4, -0.2) is 29.0 Å². The summed E-state index contributed by atoms with van der Waals surface area (Å²) in [5, 5.41) is 3.10. The second-order valence-corrected chi connectivity index (χ2v) is 3.57. The first-order valence-electron chi connectivity index (χ1n) is 5.62. The number of rotatable bonds is 7. The van der Waals surface area contributed by atoms with Gasteiger partial charge in [0.2, 0.25) is 11.8 Å². The number of aromatic nitrogens is 2. The van der Waals surface area contributed by atoms with E-state index in [1.165, 1.54) is 0 Å². The molecular formula is C11H18N4O2. The number of aryl methyl sites for hydroxylation is 1. The lowest BCUT2D eigenvalue weighted by atomic mass is 10.3. The van der Waals surface area contributed by atoms with E-state index >= 15 is 0 Å². The van der Waals surface area contributed by atoms with Crippen molar-refractivity contribution in [3.63, 3.8) is 0 Å². The summed E-state index contributed by atoms with van der Waals surface area (Å²) in [6.07, 6.45) is 1.05. The van der Waals surface area contributed by atoms with Gasteiger partial charge in [-0.05, 0) is 20.3 Å². The van der Waals surface area contributed by atoms with E-state index in [0.717, 1.165) is 0 Å². The first-order chi connectivity index (χ1) is 8.11. The molecule has 0 radical (unpaired) electrons. The van der Waals surface area contributed by atoms with E-state index < -0.39 is 0 Å². The zero-order valence-electron chi connectivity index (χ0n) is 10.2. The Hall–Kier alpha value is -1.85. The zero-order valence-corrected chi connectivity index (χ0v) is 10.2. The van der Waals surface area contributed by atoms with Crippen LogP contribution < -0.4 is 15.8 Å². The second-order valence-electron chi connectivity index (χ2n) is 3.57. The molecule has 0 unspecified atom stereocenters. The van der Waals surface area contributed by atoms with Crippen molar-refractivity contribution in [1.82, 2.24) is 9.97 Å². The van der Waals surface area contributed by atoms with Crippen LogP contribution in [-0.2, 0) is 4.79 Å². The van der Waals surface area contributed by atoms with Gasteiger partial charge in [-0.1, -0.05) is 0 Å². The number of nitrogens with two attached hydrogens (primary N) is 1. The Bertz CT molecular complexity index is 382. The smallest absolute Gasteiger partial charge is 0.218 e. The lowest BCUT2D eigenvalue weighted by Gasteiger charge is -2.08. The van der Waals surface area contributed by atoms with Gasteiger partial charge in [0.25, 0.3) is 0 Å². The standard InChI is InChI=1S/C11H18N4O2/c1-3-17-11-7-10(14-8(2)15-11)13-6-4-5-9(12)16/h7H,3-6H2,1-2H3,(H2,12,16)(H,13,14,15).